The van der Waals surface area contributed by atoms with Crippen LogP contribution in [0, 0.1) is 0 Å². The van der Waals surface area contributed by atoms with Crippen molar-refractivity contribution in [3.63, 3.8) is 0 Å². The molecule has 0 bridgehead atoms. The van der Waals surface area contributed by atoms with E-state index in [1.54, 1.807) is 12.1 Å². The van der Waals surface area contributed by atoms with Crippen LogP contribution < -0.4 is 0 Å². The number of aromatic carboxylic acids is 1. The molecule has 27 heavy (non-hydrogen) atoms. The first-order chi connectivity index (χ1) is 13.2. The summed E-state index contributed by atoms with van der Waals surface area (Å²) in [5, 5.41) is 18.9. The summed E-state index contributed by atoms with van der Waals surface area (Å²) in [5.41, 5.74) is 0.686. The number of benzene rings is 1. The van der Waals surface area contributed by atoms with E-state index in [0.717, 1.165) is 19.3 Å². The van der Waals surface area contributed by atoms with Crippen LogP contribution in [0.25, 0.3) is 0 Å². The SMILES string of the molecule is CCCCCCC/C=C\C/C=C\C/C=C\CCc1cccc(O)c1C(=O)O. The highest BCUT2D eigenvalue weighted by Crippen LogP contribution is 2.22. The maximum absolute atomic E-state index is 11.2. The van der Waals surface area contributed by atoms with Gasteiger partial charge in [0.1, 0.15) is 11.3 Å². The number of allylic oxidation sites excluding steroid dienone is 6. The third kappa shape index (κ3) is 10.4. The standard InChI is InChI=1S/C24H34O3/c1-2-3-4-5-6-7-8-9-10-11-12-13-14-15-16-18-21-19-17-20-22(25)23(21)24(26)27/h8-9,11-12,14-15,17,19-20,25H,2-7,10,13,16,18H2,1H3,(H,26,27)/b9-8-,12-11-,15-14-. The van der Waals surface area contributed by atoms with E-state index in [9.17, 15) is 15.0 Å². The molecule has 0 heterocycles. The lowest BCUT2D eigenvalue weighted by Crippen LogP contribution is -2.02. The zero-order chi connectivity index (χ0) is 19.7. The van der Waals surface area contributed by atoms with Crippen molar-refractivity contribution < 1.29 is 15.0 Å². The molecule has 0 aliphatic heterocycles. The first-order valence-electron chi connectivity index (χ1n) is 10.2. The summed E-state index contributed by atoms with van der Waals surface area (Å²) < 4.78 is 0. The summed E-state index contributed by atoms with van der Waals surface area (Å²) in [6.07, 6.45) is 24.1. The van der Waals surface area contributed by atoms with Crippen molar-refractivity contribution in [3.05, 3.63) is 65.8 Å². The molecule has 2 N–H and O–H groups in total. The Kier molecular flexibility index (Phi) is 12.5. The number of phenols is 1. The van der Waals surface area contributed by atoms with Gasteiger partial charge in [0.05, 0.1) is 0 Å². The summed E-state index contributed by atoms with van der Waals surface area (Å²) >= 11 is 0. The molecule has 0 atom stereocenters. The Balaban J connectivity index is 2.15. The Morgan fingerprint density at radius 1 is 0.889 bits per heavy atom. The van der Waals surface area contributed by atoms with E-state index in [2.05, 4.69) is 43.4 Å². The first kappa shape index (κ1) is 22.8. The van der Waals surface area contributed by atoms with Crippen molar-refractivity contribution in [3.8, 4) is 5.75 Å². The fraction of sp³-hybridized carbons (Fsp3) is 0.458. The molecule has 0 saturated heterocycles. The second-order valence-electron chi connectivity index (χ2n) is 6.74. The average Bonchev–Trinajstić information content (AvgIpc) is 2.64. The number of rotatable bonds is 14. The molecule has 1 aromatic carbocycles. The van der Waals surface area contributed by atoms with Crippen LogP contribution in [-0.4, -0.2) is 16.2 Å². The van der Waals surface area contributed by atoms with Gasteiger partial charge in [-0.05, 0) is 50.2 Å². The van der Waals surface area contributed by atoms with Crippen molar-refractivity contribution >= 4 is 5.97 Å². The zero-order valence-corrected chi connectivity index (χ0v) is 16.6. The van der Waals surface area contributed by atoms with E-state index >= 15 is 0 Å². The molecule has 0 fully saturated rings. The molecule has 0 spiro atoms. The Bertz CT molecular complexity index is 627. The van der Waals surface area contributed by atoms with Crippen molar-refractivity contribution in [2.24, 2.45) is 0 Å². The van der Waals surface area contributed by atoms with Crippen LogP contribution in [0.5, 0.6) is 5.75 Å². The lowest BCUT2D eigenvalue weighted by Gasteiger charge is -2.06. The normalized spacial score (nSPS) is 11.9. The van der Waals surface area contributed by atoms with E-state index in [1.165, 1.54) is 44.6 Å². The zero-order valence-electron chi connectivity index (χ0n) is 16.6. The summed E-state index contributed by atoms with van der Waals surface area (Å²) in [7, 11) is 0. The monoisotopic (exact) mass is 370 g/mol. The molecule has 148 valence electrons. The molecule has 3 heteroatoms. The van der Waals surface area contributed by atoms with Crippen LogP contribution in [0.3, 0.4) is 0 Å². The van der Waals surface area contributed by atoms with Gasteiger partial charge in [0.2, 0.25) is 0 Å². The van der Waals surface area contributed by atoms with Gasteiger partial charge in [0.25, 0.3) is 0 Å². The molecular weight excluding hydrogens is 336 g/mol. The summed E-state index contributed by atoms with van der Waals surface area (Å²) in [6.45, 7) is 2.24. The van der Waals surface area contributed by atoms with Gasteiger partial charge in [-0.15, -0.1) is 0 Å². The lowest BCUT2D eigenvalue weighted by molar-refractivity contribution is 0.0692. The molecule has 0 amide bonds. The third-order valence-electron chi connectivity index (χ3n) is 4.44. The second kappa shape index (κ2) is 14.8. The number of aryl methyl sites for hydroxylation is 1. The second-order valence-corrected chi connectivity index (χ2v) is 6.74. The van der Waals surface area contributed by atoms with Crippen LogP contribution in [-0.2, 0) is 6.42 Å². The maximum Gasteiger partial charge on any atom is 0.339 e. The third-order valence-corrected chi connectivity index (χ3v) is 4.44. The molecule has 0 unspecified atom stereocenters. The van der Waals surface area contributed by atoms with Gasteiger partial charge in [0, 0.05) is 0 Å². The van der Waals surface area contributed by atoms with E-state index < -0.39 is 5.97 Å². The fourth-order valence-electron chi connectivity index (χ4n) is 2.92. The molecule has 1 rings (SSSR count). The predicted octanol–water partition coefficient (Wildman–Crippen LogP) is 6.83. The first-order valence-corrected chi connectivity index (χ1v) is 10.2. The minimum Gasteiger partial charge on any atom is -0.507 e. The van der Waals surface area contributed by atoms with Crippen LogP contribution in [0.1, 0.15) is 80.6 Å². The van der Waals surface area contributed by atoms with E-state index in [4.69, 9.17) is 0 Å². The van der Waals surface area contributed by atoms with E-state index in [0.29, 0.717) is 12.0 Å². The van der Waals surface area contributed by atoms with Crippen LogP contribution >= 0.6 is 0 Å². The minimum absolute atomic E-state index is 0.0166. The quantitative estimate of drug-likeness (QED) is 0.279. The highest BCUT2D eigenvalue weighted by atomic mass is 16.4. The number of aromatic hydroxyl groups is 1. The number of carboxylic acid groups (broad SMARTS) is 1. The van der Waals surface area contributed by atoms with Crippen LogP contribution in [0.4, 0.5) is 0 Å². The van der Waals surface area contributed by atoms with E-state index in [1.807, 2.05) is 0 Å². The molecular formula is C24H34O3. The number of unbranched alkanes of at least 4 members (excludes halogenated alkanes) is 5. The van der Waals surface area contributed by atoms with Gasteiger partial charge in [-0.2, -0.15) is 0 Å². The number of hydrogen-bond acceptors (Lipinski definition) is 2. The minimum atomic E-state index is -1.08. The van der Waals surface area contributed by atoms with Gasteiger partial charge in [-0.1, -0.05) is 81.2 Å². The van der Waals surface area contributed by atoms with Crippen molar-refractivity contribution in [1.29, 1.82) is 0 Å². The lowest BCUT2D eigenvalue weighted by atomic mass is 10.0. The Hall–Kier alpha value is -2.29. The molecule has 0 aliphatic carbocycles. The largest absolute Gasteiger partial charge is 0.507 e. The highest BCUT2D eigenvalue weighted by molar-refractivity contribution is 5.92. The van der Waals surface area contributed by atoms with E-state index in [-0.39, 0.29) is 11.3 Å². The average molecular weight is 371 g/mol. The fourth-order valence-corrected chi connectivity index (χ4v) is 2.92. The van der Waals surface area contributed by atoms with Gasteiger partial charge in [0.15, 0.2) is 0 Å². The summed E-state index contributed by atoms with van der Waals surface area (Å²) in [4.78, 5) is 11.2. The number of carbonyl (C=O) groups is 1. The Labute approximate surface area is 164 Å². The molecule has 0 aliphatic rings. The molecule has 0 aromatic heterocycles. The highest BCUT2D eigenvalue weighted by Gasteiger charge is 2.13. The maximum atomic E-state index is 11.2. The van der Waals surface area contributed by atoms with Crippen molar-refractivity contribution in [1.82, 2.24) is 0 Å². The molecule has 0 saturated carbocycles. The Morgan fingerprint density at radius 3 is 2.19 bits per heavy atom. The van der Waals surface area contributed by atoms with Crippen molar-refractivity contribution in [2.75, 3.05) is 0 Å². The van der Waals surface area contributed by atoms with Crippen LogP contribution in [0.15, 0.2) is 54.7 Å². The molecule has 1 aromatic rings. The molecule has 3 nitrogen and oxygen atoms in total. The number of hydrogen-bond donors (Lipinski definition) is 2. The van der Waals surface area contributed by atoms with Crippen LogP contribution in [0.2, 0.25) is 0 Å². The van der Waals surface area contributed by atoms with Gasteiger partial charge in [-0.25, -0.2) is 4.79 Å². The number of carboxylic acids is 1. The summed E-state index contributed by atoms with van der Waals surface area (Å²) in [5.74, 6) is -1.25. The Morgan fingerprint density at radius 2 is 1.52 bits per heavy atom. The van der Waals surface area contributed by atoms with Gasteiger partial charge >= 0.3 is 5.97 Å². The van der Waals surface area contributed by atoms with Gasteiger partial charge in [-0.3, -0.25) is 0 Å². The predicted molar refractivity (Wildman–Crippen MR) is 113 cm³/mol. The molecule has 0 radical (unpaired) electrons. The van der Waals surface area contributed by atoms with Crippen molar-refractivity contribution in [2.45, 2.75) is 71.1 Å². The topological polar surface area (TPSA) is 57.5 Å². The smallest absolute Gasteiger partial charge is 0.339 e. The van der Waals surface area contributed by atoms with Gasteiger partial charge < -0.3 is 10.2 Å². The summed E-state index contributed by atoms with van der Waals surface area (Å²) in [6, 6.07) is 4.85.